The van der Waals surface area contributed by atoms with Gasteiger partial charge in [0.1, 0.15) is 0 Å². The summed E-state index contributed by atoms with van der Waals surface area (Å²) < 4.78 is 6.21. The average Bonchev–Trinajstić information content (AvgIpc) is 3.05. The van der Waals surface area contributed by atoms with Crippen LogP contribution in [-0.4, -0.2) is 49.3 Å². The molecular weight excluding hydrogens is 236 g/mol. The molecule has 1 aliphatic carbocycles. The monoisotopic (exact) mass is 266 g/mol. The van der Waals surface area contributed by atoms with E-state index in [0.717, 1.165) is 25.0 Å². The van der Waals surface area contributed by atoms with Gasteiger partial charge in [0.25, 0.3) is 0 Å². The molecule has 0 aromatic rings. The Morgan fingerprint density at radius 3 is 2.79 bits per heavy atom. The average molecular weight is 266 g/mol. The predicted molar refractivity (Wildman–Crippen MR) is 78.4 cm³/mol. The fourth-order valence-electron chi connectivity index (χ4n) is 4.42. The molecule has 0 radical (unpaired) electrons. The quantitative estimate of drug-likeness (QED) is 0.827. The SMILES string of the molecule is CCNCC1CCC(CN2CCCC3CCCC32)O1. The Morgan fingerprint density at radius 2 is 1.89 bits per heavy atom. The summed E-state index contributed by atoms with van der Waals surface area (Å²) in [5.41, 5.74) is 0. The Kier molecular flexibility index (Phi) is 4.78. The van der Waals surface area contributed by atoms with Crippen LogP contribution < -0.4 is 5.32 Å². The van der Waals surface area contributed by atoms with Crippen LogP contribution in [0, 0.1) is 5.92 Å². The van der Waals surface area contributed by atoms with Gasteiger partial charge in [-0.2, -0.15) is 0 Å². The van der Waals surface area contributed by atoms with Gasteiger partial charge in [-0.1, -0.05) is 13.3 Å². The normalized spacial score (nSPS) is 39.6. The maximum absolute atomic E-state index is 6.21. The van der Waals surface area contributed by atoms with E-state index in [-0.39, 0.29) is 0 Å². The van der Waals surface area contributed by atoms with Crippen LogP contribution in [0.2, 0.25) is 0 Å². The van der Waals surface area contributed by atoms with Gasteiger partial charge in [0, 0.05) is 19.1 Å². The van der Waals surface area contributed by atoms with Crippen molar-refractivity contribution in [2.24, 2.45) is 5.92 Å². The first-order valence-electron chi connectivity index (χ1n) is 8.47. The number of hydrogen-bond donors (Lipinski definition) is 1. The molecule has 0 aromatic carbocycles. The summed E-state index contributed by atoms with van der Waals surface area (Å²) >= 11 is 0. The first kappa shape index (κ1) is 13.8. The van der Waals surface area contributed by atoms with Gasteiger partial charge < -0.3 is 10.1 Å². The van der Waals surface area contributed by atoms with E-state index in [1.165, 1.54) is 58.0 Å². The van der Waals surface area contributed by atoms with E-state index in [2.05, 4.69) is 17.1 Å². The molecule has 2 heterocycles. The van der Waals surface area contributed by atoms with Crippen LogP contribution in [0.3, 0.4) is 0 Å². The number of ether oxygens (including phenoxy) is 1. The Hall–Kier alpha value is -0.120. The number of nitrogens with one attached hydrogen (secondary N) is 1. The minimum atomic E-state index is 0.467. The second-order valence-electron chi connectivity index (χ2n) is 6.66. The minimum absolute atomic E-state index is 0.467. The summed E-state index contributed by atoms with van der Waals surface area (Å²) in [4.78, 5) is 2.77. The highest BCUT2D eigenvalue weighted by molar-refractivity contribution is 4.91. The highest BCUT2D eigenvalue weighted by Crippen LogP contribution is 2.37. The van der Waals surface area contributed by atoms with E-state index in [1.54, 1.807) is 0 Å². The third-order valence-electron chi connectivity index (χ3n) is 5.36. The smallest absolute Gasteiger partial charge is 0.0707 e. The van der Waals surface area contributed by atoms with Crippen LogP contribution in [0.25, 0.3) is 0 Å². The van der Waals surface area contributed by atoms with Crippen LogP contribution >= 0.6 is 0 Å². The first-order valence-corrected chi connectivity index (χ1v) is 8.47. The molecule has 4 atom stereocenters. The number of hydrogen-bond acceptors (Lipinski definition) is 3. The van der Waals surface area contributed by atoms with E-state index in [4.69, 9.17) is 4.74 Å². The zero-order valence-corrected chi connectivity index (χ0v) is 12.4. The van der Waals surface area contributed by atoms with Crippen LogP contribution in [0.4, 0.5) is 0 Å². The molecule has 0 aromatic heterocycles. The van der Waals surface area contributed by atoms with Crippen LogP contribution in [0.5, 0.6) is 0 Å². The fraction of sp³-hybridized carbons (Fsp3) is 1.00. The van der Waals surface area contributed by atoms with Crippen LogP contribution in [0.1, 0.15) is 51.9 Å². The van der Waals surface area contributed by atoms with Gasteiger partial charge >= 0.3 is 0 Å². The molecule has 3 heteroatoms. The minimum Gasteiger partial charge on any atom is -0.372 e. The van der Waals surface area contributed by atoms with Crippen molar-refractivity contribution >= 4 is 0 Å². The number of rotatable bonds is 5. The highest BCUT2D eigenvalue weighted by Gasteiger charge is 2.37. The summed E-state index contributed by atoms with van der Waals surface area (Å²) in [6, 6.07) is 0.894. The molecular formula is C16H30N2O. The van der Waals surface area contributed by atoms with Gasteiger partial charge in [-0.25, -0.2) is 0 Å². The van der Waals surface area contributed by atoms with Crippen molar-refractivity contribution in [1.82, 2.24) is 10.2 Å². The van der Waals surface area contributed by atoms with E-state index < -0.39 is 0 Å². The lowest BCUT2D eigenvalue weighted by molar-refractivity contribution is 0.00131. The van der Waals surface area contributed by atoms with E-state index in [9.17, 15) is 0 Å². The molecule has 2 saturated heterocycles. The summed E-state index contributed by atoms with van der Waals surface area (Å²) in [6.45, 7) is 6.78. The van der Waals surface area contributed by atoms with Gasteiger partial charge in [0.05, 0.1) is 12.2 Å². The molecule has 19 heavy (non-hydrogen) atoms. The molecule has 4 unspecified atom stereocenters. The van der Waals surface area contributed by atoms with E-state index in [0.29, 0.717) is 12.2 Å². The lowest BCUT2D eigenvalue weighted by Gasteiger charge is -2.39. The number of likely N-dealkylation sites (tertiary alicyclic amines) is 1. The molecule has 1 N–H and O–H groups in total. The Bertz CT molecular complexity index is 284. The van der Waals surface area contributed by atoms with Crippen molar-refractivity contribution in [2.45, 2.75) is 70.1 Å². The fourth-order valence-corrected chi connectivity index (χ4v) is 4.42. The number of nitrogens with zero attached hydrogens (tertiary/aromatic N) is 1. The highest BCUT2D eigenvalue weighted by atomic mass is 16.5. The molecule has 0 amide bonds. The van der Waals surface area contributed by atoms with Gasteiger partial charge in [-0.3, -0.25) is 4.90 Å². The topological polar surface area (TPSA) is 24.5 Å². The Morgan fingerprint density at radius 1 is 1.05 bits per heavy atom. The van der Waals surface area contributed by atoms with Crippen molar-refractivity contribution < 1.29 is 4.74 Å². The second-order valence-corrected chi connectivity index (χ2v) is 6.66. The van der Waals surface area contributed by atoms with Crippen molar-refractivity contribution in [1.29, 1.82) is 0 Å². The van der Waals surface area contributed by atoms with Gasteiger partial charge in [-0.15, -0.1) is 0 Å². The van der Waals surface area contributed by atoms with Crippen LogP contribution in [0.15, 0.2) is 0 Å². The standard InChI is InChI=1S/C16H30N2O/c1-2-17-11-14-8-9-15(19-14)12-18-10-4-6-13-5-3-7-16(13)18/h13-17H,2-12H2,1H3. The zero-order valence-electron chi connectivity index (χ0n) is 12.4. The Labute approximate surface area is 118 Å². The molecule has 3 aliphatic rings. The lowest BCUT2D eigenvalue weighted by Crippen LogP contribution is -2.46. The Balaban J connectivity index is 1.46. The maximum atomic E-state index is 6.21. The van der Waals surface area contributed by atoms with Crippen molar-refractivity contribution in [3.8, 4) is 0 Å². The molecule has 3 rings (SSSR count). The van der Waals surface area contributed by atoms with Gasteiger partial charge in [0.2, 0.25) is 0 Å². The van der Waals surface area contributed by atoms with Gasteiger partial charge in [-0.05, 0) is 57.5 Å². The molecule has 1 saturated carbocycles. The lowest BCUT2D eigenvalue weighted by atomic mass is 9.91. The number of piperidine rings is 1. The molecule has 0 bridgehead atoms. The summed E-state index contributed by atoms with van der Waals surface area (Å²) in [5, 5.41) is 3.41. The van der Waals surface area contributed by atoms with Crippen LogP contribution in [-0.2, 0) is 4.74 Å². The van der Waals surface area contributed by atoms with Crippen molar-refractivity contribution in [3.05, 3.63) is 0 Å². The van der Waals surface area contributed by atoms with E-state index in [1.807, 2.05) is 0 Å². The predicted octanol–water partition coefficient (Wildman–Crippen LogP) is 2.41. The molecule has 2 aliphatic heterocycles. The number of likely N-dealkylation sites (N-methyl/N-ethyl adjacent to an activating group) is 1. The third kappa shape index (κ3) is 3.32. The molecule has 3 fully saturated rings. The van der Waals surface area contributed by atoms with E-state index >= 15 is 0 Å². The van der Waals surface area contributed by atoms with Crippen molar-refractivity contribution in [3.63, 3.8) is 0 Å². The zero-order chi connectivity index (χ0) is 13.1. The first-order chi connectivity index (χ1) is 9.36. The summed E-state index contributed by atoms with van der Waals surface area (Å²) in [5.74, 6) is 1.01. The van der Waals surface area contributed by atoms with Crippen molar-refractivity contribution in [2.75, 3.05) is 26.2 Å². The van der Waals surface area contributed by atoms with Gasteiger partial charge in [0.15, 0.2) is 0 Å². The third-order valence-corrected chi connectivity index (χ3v) is 5.36. The summed E-state index contributed by atoms with van der Waals surface area (Å²) in [6.07, 6.45) is 10.8. The molecule has 0 spiro atoms. The number of fused-ring (bicyclic) bond motifs is 1. The largest absolute Gasteiger partial charge is 0.372 e. The summed E-state index contributed by atoms with van der Waals surface area (Å²) in [7, 11) is 0. The molecule has 110 valence electrons. The molecule has 3 nitrogen and oxygen atoms in total. The maximum Gasteiger partial charge on any atom is 0.0707 e. The second kappa shape index (κ2) is 6.55.